The zero-order valence-electron chi connectivity index (χ0n) is 15.1. The van der Waals surface area contributed by atoms with Crippen molar-refractivity contribution in [2.75, 3.05) is 23.7 Å². The number of aromatic nitrogens is 2. The molecular weight excluding hydrogens is 318 g/mol. The van der Waals surface area contributed by atoms with Gasteiger partial charge in [0.1, 0.15) is 0 Å². The van der Waals surface area contributed by atoms with Gasteiger partial charge in [0.05, 0.1) is 0 Å². The van der Waals surface area contributed by atoms with E-state index >= 15 is 0 Å². The van der Waals surface area contributed by atoms with E-state index in [9.17, 15) is 9.59 Å². The molecule has 0 radical (unpaired) electrons. The highest BCUT2D eigenvalue weighted by atomic mass is 16.2. The first-order valence-corrected chi connectivity index (χ1v) is 8.21. The van der Waals surface area contributed by atoms with E-state index in [-0.39, 0.29) is 17.0 Å². The predicted octanol–water partition coefficient (Wildman–Crippen LogP) is 2.61. The smallest absolute Gasteiger partial charge is 0.319 e. The third kappa shape index (κ3) is 5.95. The lowest BCUT2D eigenvalue weighted by molar-refractivity contribution is 0.252. The van der Waals surface area contributed by atoms with Crippen molar-refractivity contribution in [1.29, 1.82) is 0 Å². The first-order valence-electron chi connectivity index (χ1n) is 8.21. The largest absolute Gasteiger partial charge is 0.354 e. The Morgan fingerprint density at radius 1 is 1.16 bits per heavy atom. The van der Waals surface area contributed by atoms with E-state index in [4.69, 9.17) is 0 Å². The average molecular weight is 343 g/mol. The van der Waals surface area contributed by atoms with Crippen LogP contribution in [-0.2, 0) is 5.41 Å². The minimum Gasteiger partial charge on any atom is -0.354 e. The molecule has 25 heavy (non-hydrogen) atoms. The van der Waals surface area contributed by atoms with Gasteiger partial charge in [-0.3, -0.25) is 9.78 Å². The topological polar surface area (TPSA) is 98.9 Å². The summed E-state index contributed by atoms with van der Waals surface area (Å²) in [5, 5.41) is 8.49. The zero-order valence-corrected chi connectivity index (χ0v) is 15.1. The van der Waals surface area contributed by atoms with Crippen LogP contribution in [0.4, 0.5) is 16.4 Å². The van der Waals surface area contributed by atoms with Crippen LogP contribution in [0, 0.1) is 6.92 Å². The number of aryl methyl sites for hydroxylation is 1. The molecule has 4 N–H and O–H groups in total. The van der Waals surface area contributed by atoms with Crippen LogP contribution >= 0.6 is 0 Å². The number of hydrogen-bond donors (Lipinski definition) is 4. The molecular formula is C18H25N5O2. The Labute approximate surface area is 147 Å². The molecule has 0 saturated carbocycles. The quantitative estimate of drug-likeness (QED) is 0.627. The maximum absolute atomic E-state index is 11.9. The summed E-state index contributed by atoms with van der Waals surface area (Å²) >= 11 is 0. The molecule has 1 aromatic heterocycles. The molecule has 134 valence electrons. The van der Waals surface area contributed by atoms with Crippen molar-refractivity contribution in [3.05, 3.63) is 51.9 Å². The summed E-state index contributed by atoms with van der Waals surface area (Å²) < 4.78 is 0. The van der Waals surface area contributed by atoms with Crippen LogP contribution in [0.15, 0.2) is 35.1 Å². The van der Waals surface area contributed by atoms with E-state index in [2.05, 4.69) is 46.7 Å². The van der Waals surface area contributed by atoms with E-state index in [1.54, 1.807) is 6.92 Å². The highest BCUT2D eigenvalue weighted by molar-refractivity contribution is 5.89. The number of benzene rings is 1. The summed E-state index contributed by atoms with van der Waals surface area (Å²) in [5.41, 5.74) is 2.46. The Kier molecular flexibility index (Phi) is 5.80. The van der Waals surface area contributed by atoms with Crippen LogP contribution < -0.4 is 21.5 Å². The van der Waals surface area contributed by atoms with Gasteiger partial charge in [-0.05, 0) is 30.0 Å². The summed E-state index contributed by atoms with van der Waals surface area (Å²) in [6.45, 7) is 9.02. The summed E-state index contributed by atoms with van der Waals surface area (Å²) in [7, 11) is 0. The van der Waals surface area contributed by atoms with E-state index < -0.39 is 0 Å². The Balaban J connectivity index is 1.76. The standard InChI is InChI=1S/C18H25N5O2/c1-12-11-15(24)23-16(21-12)19-9-10-20-17(25)22-14-7-5-13(6-8-14)18(2,3)4/h5-8,11H,9-10H2,1-4H3,(H2,20,22,25)(H2,19,21,23,24). The molecule has 0 aliphatic rings. The molecule has 0 aliphatic heterocycles. The minimum atomic E-state index is -0.281. The molecule has 0 bridgehead atoms. The third-order valence-electron chi connectivity index (χ3n) is 3.58. The van der Waals surface area contributed by atoms with Crippen LogP contribution in [0.2, 0.25) is 0 Å². The molecule has 0 spiro atoms. The molecule has 0 unspecified atom stereocenters. The van der Waals surface area contributed by atoms with Gasteiger partial charge in [0.25, 0.3) is 5.56 Å². The van der Waals surface area contributed by atoms with Gasteiger partial charge in [-0.1, -0.05) is 32.9 Å². The zero-order chi connectivity index (χ0) is 18.4. The van der Waals surface area contributed by atoms with Crippen LogP contribution in [0.3, 0.4) is 0 Å². The van der Waals surface area contributed by atoms with Crippen molar-refractivity contribution in [2.45, 2.75) is 33.1 Å². The van der Waals surface area contributed by atoms with E-state index in [1.807, 2.05) is 24.3 Å². The van der Waals surface area contributed by atoms with Crippen molar-refractivity contribution >= 4 is 17.7 Å². The first kappa shape index (κ1) is 18.5. The molecule has 0 aliphatic carbocycles. The minimum absolute atomic E-state index is 0.0806. The highest BCUT2D eigenvalue weighted by Crippen LogP contribution is 2.23. The number of hydrogen-bond acceptors (Lipinski definition) is 4. The second-order valence-corrected chi connectivity index (χ2v) is 6.87. The fourth-order valence-corrected chi connectivity index (χ4v) is 2.25. The number of rotatable bonds is 5. The highest BCUT2D eigenvalue weighted by Gasteiger charge is 2.13. The molecule has 2 rings (SSSR count). The van der Waals surface area contributed by atoms with Gasteiger partial charge in [-0.25, -0.2) is 9.78 Å². The lowest BCUT2D eigenvalue weighted by Crippen LogP contribution is -2.33. The maximum Gasteiger partial charge on any atom is 0.319 e. The number of H-pyrrole nitrogens is 1. The van der Waals surface area contributed by atoms with Gasteiger partial charge < -0.3 is 16.0 Å². The Bertz CT molecular complexity index is 775. The molecule has 1 aromatic carbocycles. The van der Waals surface area contributed by atoms with Crippen molar-refractivity contribution in [2.24, 2.45) is 0 Å². The van der Waals surface area contributed by atoms with Crippen LogP contribution in [0.25, 0.3) is 0 Å². The number of nitrogens with one attached hydrogen (secondary N) is 4. The van der Waals surface area contributed by atoms with E-state index in [0.29, 0.717) is 24.7 Å². The lowest BCUT2D eigenvalue weighted by atomic mass is 9.87. The normalized spacial score (nSPS) is 11.0. The van der Waals surface area contributed by atoms with Gasteiger partial charge in [0.2, 0.25) is 5.95 Å². The van der Waals surface area contributed by atoms with Gasteiger partial charge in [-0.15, -0.1) is 0 Å². The molecule has 7 nitrogen and oxygen atoms in total. The predicted molar refractivity (Wildman–Crippen MR) is 100 cm³/mol. The number of carbonyl (C=O) groups is 1. The number of nitrogens with zero attached hydrogens (tertiary/aromatic N) is 1. The first-order chi connectivity index (χ1) is 11.7. The van der Waals surface area contributed by atoms with Gasteiger partial charge in [0.15, 0.2) is 0 Å². The van der Waals surface area contributed by atoms with Crippen LogP contribution in [0.5, 0.6) is 0 Å². The number of carbonyl (C=O) groups excluding carboxylic acids is 1. The number of aromatic amines is 1. The third-order valence-corrected chi connectivity index (χ3v) is 3.58. The van der Waals surface area contributed by atoms with E-state index in [1.165, 1.54) is 11.6 Å². The second-order valence-electron chi connectivity index (χ2n) is 6.87. The number of urea groups is 1. The molecule has 0 fully saturated rings. The summed E-state index contributed by atoms with van der Waals surface area (Å²) in [4.78, 5) is 30.0. The van der Waals surface area contributed by atoms with Gasteiger partial charge in [-0.2, -0.15) is 0 Å². The van der Waals surface area contributed by atoms with Crippen LogP contribution in [0.1, 0.15) is 32.0 Å². The van der Waals surface area contributed by atoms with Gasteiger partial charge >= 0.3 is 6.03 Å². The van der Waals surface area contributed by atoms with Gasteiger partial charge in [0, 0.05) is 30.5 Å². The Morgan fingerprint density at radius 2 is 1.84 bits per heavy atom. The maximum atomic E-state index is 11.9. The molecule has 0 atom stereocenters. The monoisotopic (exact) mass is 343 g/mol. The molecule has 2 aromatic rings. The fraction of sp³-hybridized carbons (Fsp3) is 0.389. The summed E-state index contributed by atoms with van der Waals surface area (Å²) in [6.07, 6.45) is 0. The van der Waals surface area contributed by atoms with Crippen LogP contribution in [-0.4, -0.2) is 29.1 Å². The van der Waals surface area contributed by atoms with Crippen molar-refractivity contribution in [3.8, 4) is 0 Å². The average Bonchev–Trinajstić information content (AvgIpc) is 2.50. The fourth-order valence-electron chi connectivity index (χ4n) is 2.25. The molecule has 7 heteroatoms. The second kappa shape index (κ2) is 7.83. The molecule has 1 heterocycles. The van der Waals surface area contributed by atoms with Crippen molar-refractivity contribution in [3.63, 3.8) is 0 Å². The summed E-state index contributed by atoms with van der Waals surface area (Å²) in [5.74, 6) is 0.393. The van der Waals surface area contributed by atoms with Crippen molar-refractivity contribution in [1.82, 2.24) is 15.3 Å². The van der Waals surface area contributed by atoms with Crippen molar-refractivity contribution < 1.29 is 4.79 Å². The number of amides is 2. The summed E-state index contributed by atoms with van der Waals surface area (Å²) in [6, 6.07) is 8.94. The number of anilines is 2. The SMILES string of the molecule is Cc1cc(=O)[nH]c(NCCNC(=O)Nc2ccc(C(C)(C)C)cc2)n1. The lowest BCUT2D eigenvalue weighted by Gasteiger charge is -2.19. The Hall–Kier alpha value is -2.83. The molecule has 0 saturated heterocycles. The Morgan fingerprint density at radius 3 is 2.44 bits per heavy atom. The van der Waals surface area contributed by atoms with E-state index in [0.717, 1.165) is 5.69 Å². The molecule has 2 amide bonds.